The first-order valence-electron chi connectivity index (χ1n) is 13.3. The molecule has 0 radical (unpaired) electrons. The molecule has 0 fully saturated rings. The Labute approximate surface area is 244 Å². The van der Waals surface area contributed by atoms with Crippen molar-refractivity contribution in [2.24, 2.45) is 7.05 Å². The highest BCUT2D eigenvalue weighted by atomic mass is 19.3. The van der Waals surface area contributed by atoms with Gasteiger partial charge < -0.3 is 29.7 Å². The predicted molar refractivity (Wildman–Crippen MR) is 165 cm³/mol. The topological polar surface area (TPSA) is 87.5 Å². The molecule has 0 atom stereocenters. The van der Waals surface area contributed by atoms with Gasteiger partial charge in [0.25, 0.3) is 0 Å². The number of aromatic nitrogens is 3. The predicted octanol–water partition coefficient (Wildman–Crippen LogP) is 5.97. The number of hydrogen-bond donors (Lipinski definition) is 2. The van der Waals surface area contributed by atoms with Crippen LogP contribution in [-0.2, 0) is 11.8 Å². The molecule has 0 bridgehead atoms. The van der Waals surface area contributed by atoms with E-state index in [9.17, 15) is 13.6 Å². The van der Waals surface area contributed by atoms with E-state index >= 15 is 0 Å². The molecule has 2 heterocycles. The lowest BCUT2D eigenvalue weighted by molar-refractivity contribution is -0.111. The number of nitrogens with one attached hydrogen (secondary N) is 2. The number of rotatable bonds is 12. The maximum atomic E-state index is 13.6. The largest absolute Gasteiger partial charge is 0.433 e. The Balaban J connectivity index is 1.79. The molecule has 4 rings (SSSR count). The molecule has 4 aromatic rings. The smallest absolute Gasteiger partial charge is 0.387 e. The van der Waals surface area contributed by atoms with Gasteiger partial charge in [0.15, 0.2) is 5.75 Å². The van der Waals surface area contributed by atoms with Crippen molar-refractivity contribution in [3.05, 3.63) is 79.2 Å². The van der Waals surface area contributed by atoms with Gasteiger partial charge in [-0.3, -0.25) is 4.79 Å². The highest BCUT2D eigenvalue weighted by Crippen LogP contribution is 2.39. The van der Waals surface area contributed by atoms with Crippen LogP contribution in [0.4, 0.5) is 31.8 Å². The van der Waals surface area contributed by atoms with Crippen molar-refractivity contribution in [3.63, 3.8) is 0 Å². The van der Waals surface area contributed by atoms with Gasteiger partial charge in [-0.1, -0.05) is 36.9 Å². The van der Waals surface area contributed by atoms with Crippen LogP contribution < -0.4 is 20.3 Å². The Morgan fingerprint density at radius 3 is 2.64 bits per heavy atom. The number of carbonyl (C=O) groups is 1. The molecule has 1 amide bonds. The Bertz CT molecular complexity index is 1610. The zero-order chi connectivity index (χ0) is 30.4. The van der Waals surface area contributed by atoms with E-state index in [1.807, 2.05) is 79.9 Å². The van der Waals surface area contributed by atoms with Crippen LogP contribution in [0.15, 0.2) is 73.6 Å². The van der Waals surface area contributed by atoms with E-state index in [1.54, 1.807) is 12.3 Å². The number of carbonyl (C=O) groups excluding carboxylic acids is 1. The van der Waals surface area contributed by atoms with Crippen LogP contribution in [0, 0.1) is 6.92 Å². The van der Waals surface area contributed by atoms with Gasteiger partial charge in [0.05, 0.1) is 22.8 Å². The van der Waals surface area contributed by atoms with Crippen molar-refractivity contribution in [3.8, 4) is 17.0 Å². The number of halogens is 2. The summed E-state index contributed by atoms with van der Waals surface area (Å²) in [6.07, 6.45) is 7.99. The van der Waals surface area contributed by atoms with Crippen LogP contribution in [0.2, 0.25) is 0 Å². The number of nitrogens with zero attached hydrogens (tertiary/aromatic N) is 5. The summed E-state index contributed by atoms with van der Waals surface area (Å²) in [6.45, 7) is 3.68. The van der Waals surface area contributed by atoms with Crippen molar-refractivity contribution in [2.45, 2.75) is 13.5 Å². The number of allylic oxidation sites excluding steroid dienone is 2. The number of alkyl halides is 2. The zero-order valence-corrected chi connectivity index (χ0v) is 24.4. The van der Waals surface area contributed by atoms with Gasteiger partial charge in [0.1, 0.15) is 0 Å². The molecule has 0 aliphatic carbocycles. The molecule has 220 valence electrons. The Hall–Kier alpha value is -4.77. The maximum Gasteiger partial charge on any atom is 0.387 e. The van der Waals surface area contributed by atoms with Gasteiger partial charge in [0, 0.05) is 68.2 Å². The van der Waals surface area contributed by atoms with Crippen LogP contribution >= 0.6 is 0 Å². The molecule has 0 saturated carbocycles. The molecule has 2 N–H and O–H groups in total. The first-order chi connectivity index (χ1) is 20.1. The minimum atomic E-state index is -3.08. The van der Waals surface area contributed by atoms with Gasteiger partial charge in [0.2, 0.25) is 11.9 Å². The maximum absolute atomic E-state index is 13.6. The van der Waals surface area contributed by atoms with Crippen LogP contribution in [0.1, 0.15) is 5.56 Å². The number of fused-ring (bicyclic) bond motifs is 1. The highest BCUT2D eigenvalue weighted by molar-refractivity contribution is 6.02. The minimum Gasteiger partial charge on any atom is -0.433 e. The van der Waals surface area contributed by atoms with Crippen molar-refractivity contribution in [1.29, 1.82) is 0 Å². The molecule has 11 heteroatoms. The van der Waals surface area contributed by atoms with Gasteiger partial charge in [-0.05, 0) is 38.7 Å². The number of ether oxygens (including phenoxy) is 1. The average molecular weight is 576 g/mol. The molecule has 0 aliphatic rings. The van der Waals surface area contributed by atoms with Crippen molar-refractivity contribution < 1.29 is 18.3 Å². The second kappa shape index (κ2) is 13.3. The lowest BCUT2D eigenvalue weighted by Gasteiger charge is -2.26. The fourth-order valence-electron chi connectivity index (χ4n) is 4.50. The average Bonchev–Trinajstić information content (AvgIpc) is 3.28. The molecule has 0 aliphatic heterocycles. The Morgan fingerprint density at radius 1 is 1.17 bits per heavy atom. The number of aryl methyl sites for hydroxylation is 2. The second-order valence-corrected chi connectivity index (χ2v) is 10.1. The van der Waals surface area contributed by atoms with E-state index in [0.717, 1.165) is 22.0 Å². The van der Waals surface area contributed by atoms with Crippen LogP contribution in [-0.4, -0.2) is 66.2 Å². The summed E-state index contributed by atoms with van der Waals surface area (Å²) >= 11 is 0. The van der Waals surface area contributed by atoms with Gasteiger partial charge >= 0.3 is 6.61 Å². The van der Waals surface area contributed by atoms with E-state index in [1.165, 1.54) is 24.3 Å². The summed E-state index contributed by atoms with van der Waals surface area (Å²) in [5, 5.41) is 6.90. The fourth-order valence-corrected chi connectivity index (χ4v) is 4.50. The van der Waals surface area contributed by atoms with E-state index in [2.05, 4.69) is 22.2 Å². The SMILES string of the molecule is C=C/C=C/C(=O)Nc1cc(Nc2ncc(C)c(-c3cn(C)c4ccccc34)n2)c(OC(F)F)cc1N(C)CCN(C)C. The number of anilines is 4. The molecule has 0 unspecified atom stereocenters. The third kappa shape index (κ3) is 7.10. The molecular weight excluding hydrogens is 540 g/mol. The van der Waals surface area contributed by atoms with E-state index in [4.69, 9.17) is 9.72 Å². The quantitative estimate of drug-likeness (QED) is 0.159. The summed E-state index contributed by atoms with van der Waals surface area (Å²) in [5.74, 6) is -0.345. The monoisotopic (exact) mass is 575 g/mol. The number of benzene rings is 2. The molecule has 0 spiro atoms. The standard InChI is InChI=1S/C31H35F2N7O2/c1-7-8-13-28(41)35-23-16-24(27(42-30(32)33)17-26(23)39(5)15-14-38(3)4)36-31-34-18-20(2)29(37-31)22-19-40(6)25-12-10-9-11-21(22)25/h7-13,16-19,30H,1,14-15H2,2-6H3,(H,35,41)(H,34,36,37)/b13-8+. The summed E-state index contributed by atoms with van der Waals surface area (Å²) in [7, 11) is 7.64. The molecular formula is C31H35F2N7O2. The summed E-state index contributed by atoms with van der Waals surface area (Å²) < 4.78 is 34.1. The third-order valence-corrected chi connectivity index (χ3v) is 6.62. The van der Waals surface area contributed by atoms with Crippen LogP contribution in [0.5, 0.6) is 5.75 Å². The Kier molecular flexibility index (Phi) is 9.53. The van der Waals surface area contributed by atoms with Crippen LogP contribution in [0.25, 0.3) is 22.2 Å². The molecule has 0 saturated heterocycles. The molecule has 2 aromatic heterocycles. The second-order valence-electron chi connectivity index (χ2n) is 10.1. The zero-order valence-electron chi connectivity index (χ0n) is 24.4. The fraction of sp³-hybridized carbons (Fsp3) is 0.258. The van der Waals surface area contributed by atoms with Crippen molar-refractivity contribution in [1.82, 2.24) is 19.4 Å². The lowest BCUT2D eigenvalue weighted by Crippen LogP contribution is -2.29. The first-order valence-corrected chi connectivity index (χ1v) is 13.3. The van der Waals surface area contributed by atoms with E-state index in [0.29, 0.717) is 30.2 Å². The number of amides is 1. The van der Waals surface area contributed by atoms with Crippen molar-refractivity contribution in [2.75, 3.05) is 49.8 Å². The minimum absolute atomic E-state index is 0.118. The molecule has 9 nitrogen and oxygen atoms in total. The first kappa shape index (κ1) is 30.2. The summed E-state index contributed by atoms with van der Waals surface area (Å²) in [4.78, 5) is 25.6. The van der Waals surface area contributed by atoms with E-state index in [-0.39, 0.29) is 17.4 Å². The molecule has 42 heavy (non-hydrogen) atoms. The van der Waals surface area contributed by atoms with Crippen molar-refractivity contribution >= 4 is 39.8 Å². The highest BCUT2D eigenvalue weighted by Gasteiger charge is 2.20. The number of para-hydroxylation sites is 1. The van der Waals surface area contributed by atoms with Gasteiger partial charge in [-0.2, -0.15) is 8.78 Å². The lowest BCUT2D eigenvalue weighted by atomic mass is 10.1. The number of likely N-dealkylation sites (N-methyl/N-ethyl adjacent to an activating group) is 2. The van der Waals surface area contributed by atoms with Gasteiger partial charge in [-0.25, -0.2) is 9.97 Å². The van der Waals surface area contributed by atoms with E-state index < -0.39 is 12.5 Å². The summed E-state index contributed by atoms with van der Waals surface area (Å²) in [5.41, 5.74) is 4.56. The third-order valence-electron chi connectivity index (χ3n) is 6.62. The Morgan fingerprint density at radius 2 is 1.93 bits per heavy atom. The number of hydrogen-bond acceptors (Lipinski definition) is 7. The normalized spacial score (nSPS) is 11.5. The molecule has 2 aromatic carbocycles. The summed E-state index contributed by atoms with van der Waals surface area (Å²) in [6, 6.07) is 11.0. The van der Waals surface area contributed by atoms with Crippen LogP contribution in [0.3, 0.4) is 0 Å². The van der Waals surface area contributed by atoms with Gasteiger partial charge in [-0.15, -0.1) is 0 Å².